The Balaban J connectivity index is 2.12. The Morgan fingerprint density at radius 1 is 1.38 bits per heavy atom. The Hall–Kier alpha value is -2.74. The van der Waals surface area contributed by atoms with Crippen LogP contribution in [0.1, 0.15) is 19.4 Å². The molecule has 0 fully saturated rings. The summed E-state index contributed by atoms with van der Waals surface area (Å²) in [5.41, 5.74) is 10.0. The van der Waals surface area contributed by atoms with E-state index in [9.17, 15) is 4.79 Å². The molecule has 3 aromatic rings. The van der Waals surface area contributed by atoms with Crippen LogP contribution in [-0.2, 0) is 11.8 Å². The van der Waals surface area contributed by atoms with Gasteiger partial charge in [0.15, 0.2) is 0 Å². The number of fused-ring (bicyclic) bond motifs is 1. The standard InChI is InChI=1S/C21H26BrN5O2/c1-12(2)27(11-18(23)28)16-8-6-7-15-20(16)26(4)21(24-15)25-19-13(3)9-14(22)10-17(19)29-5/h6-10,12H,11H2,1-5H3,(H2,23,28)(H,24,25). The van der Waals surface area contributed by atoms with Gasteiger partial charge in [-0.3, -0.25) is 4.79 Å². The predicted molar refractivity (Wildman–Crippen MR) is 121 cm³/mol. The molecule has 0 aliphatic heterocycles. The first-order chi connectivity index (χ1) is 13.7. The van der Waals surface area contributed by atoms with Crippen LogP contribution in [0.15, 0.2) is 34.8 Å². The van der Waals surface area contributed by atoms with Gasteiger partial charge in [-0.25, -0.2) is 4.98 Å². The zero-order valence-electron chi connectivity index (χ0n) is 17.3. The topological polar surface area (TPSA) is 85.4 Å². The van der Waals surface area contributed by atoms with Crippen molar-refractivity contribution < 1.29 is 9.53 Å². The molecule has 3 rings (SSSR count). The van der Waals surface area contributed by atoms with Crippen molar-refractivity contribution in [3.63, 3.8) is 0 Å². The number of hydrogen-bond acceptors (Lipinski definition) is 5. The maximum absolute atomic E-state index is 11.6. The molecule has 0 saturated heterocycles. The zero-order chi connectivity index (χ0) is 21.3. The molecule has 0 saturated carbocycles. The third-order valence-electron chi connectivity index (χ3n) is 4.85. The van der Waals surface area contributed by atoms with Gasteiger partial charge in [-0.1, -0.05) is 22.0 Å². The van der Waals surface area contributed by atoms with Gasteiger partial charge in [0.1, 0.15) is 5.75 Å². The van der Waals surface area contributed by atoms with Gasteiger partial charge in [0.05, 0.1) is 36.1 Å². The molecule has 0 radical (unpaired) electrons. The summed E-state index contributed by atoms with van der Waals surface area (Å²) in [7, 11) is 3.59. The molecule has 0 atom stereocenters. The highest BCUT2D eigenvalue weighted by atomic mass is 79.9. The Morgan fingerprint density at radius 3 is 2.72 bits per heavy atom. The highest BCUT2D eigenvalue weighted by molar-refractivity contribution is 9.10. The van der Waals surface area contributed by atoms with E-state index in [2.05, 4.69) is 21.2 Å². The lowest BCUT2D eigenvalue weighted by atomic mass is 10.2. The number of ether oxygens (including phenoxy) is 1. The molecule has 0 bridgehead atoms. The number of aryl methyl sites for hydroxylation is 2. The third-order valence-corrected chi connectivity index (χ3v) is 5.31. The number of imidazole rings is 1. The van der Waals surface area contributed by atoms with Gasteiger partial charge >= 0.3 is 0 Å². The quantitative estimate of drug-likeness (QED) is 0.555. The number of aromatic nitrogens is 2. The smallest absolute Gasteiger partial charge is 0.236 e. The van der Waals surface area contributed by atoms with Gasteiger partial charge in [0.2, 0.25) is 11.9 Å². The number of primary amides is 1. The summed E-state index contributed by atoms with van der Waals surface area (Å²) in [6.45, 7) is 6.22. The van der Waals surface area contributed by atoms with E-state index in [0.717, 1.165) is 38.2 Å². The van der Waals surface area contributed by atoms with Crippen LogP contribution in [0.25, 0.3) is 11.0 Å². The first-order valence-corrected chi connectivity index (χ1v) is 10.1. The van der Waals surface area contributed by atoms with E-state index in [1.165, 1.54) is 0 Å². The van der Waals surface area contributed by atoms with Crippen molar-refractivity contribution in [1.29, 1.82) is 0 Å². The van der Waals surface area contributed by atoms with Crippen molar-refractivity contribution in [2.45, 2.75) is 26.8 Å². The highest BCUT2D eigenvalue weighted by Gasteiger charge is 2.20. The van der Waals surface area contributed by atoms with Crippen LogP contribution < -0.4 is 20.7 Å². The Bertz CT molecular complexity index is 1060. The molecule has 3 N–H and O–H groups in total. The Kier molecular flexibility index (Phi) is 6.02. The SMILES string of the molecule is COc1cc(Br)cc(C)c1Nc1nc2cccc(N(CC(N)=O)C(C)C)c2n1C. The number of methoxy groups -OCH3 is 1. The maximum Gasteiger partial charge on any atom is 0.236 e. The molecular formula is C21H26BrN5O2. The number of benzene rings is 2. The van der Waals surface area contributed by atoms with Gasteiger partial charge in [0, 0.05) is 17.6 Å². The lowest BCUT2D eigenvalue weighted by molar-refractivity contribution is -0.116. The normalized spacial score (nSPS) is 11.1. The summed E-state index contributed by atoms with van der Waals surface area (Å²) >= 11 is 3.50. The summed E-state index contributed by atoms with van der Waals surface area (Å²) in [4.78, 5) is 18.4. The molecule has 0 aliphatic rings. The second kappa shape index (κ2) is 8.32. The number of nitrogens with zero attached hydrogens (tertiary/aromatic N) is 3. The largest absolute Gasteiger partial charge is 0.495 e. The summed E-state index contributed by atoms with van der Waals surface area (Å²) in [5, 5.41) is 3.41. The molecule has 1 heterocycles. The van der Waals surface area contributed by atoms with Gasteiger partial charge < -0.3 is 25.3 Å². The van der Waals surface area contributed by atoms with Crippen LogP contribution in [0.3, 0.4) is 0 Å². The molecule has 0 aliphatic carbocycles. The molecule has 1 aromatic heterocycles. The lowest BCUT2D eigenvalue weighted by Gasteiger charge is -2.28. The zero-order valence-corrected chi connectivity index (χ0v) is 18.9. The molecule has 8 heteroatoms. The van der Waals surface area contributed by atoms with Crippen LogP contribution in [0, 0.1) is 6.92 Å². The van der Waals surface area contributed by atoms with E-state index in [1.807, 2.05) is 67.6 Å². The van der Waals surface area contributed by atoms with E-state index < -0.39 is 0 Å². The van der Waals surface area contributed by atoms with Crippen LogP contribution in [0.5, 0.6) is 5.75 Å². The minimum absolute atomic E-state index is 0.105. The number of rotatable bonds is 7. The molecular weight excluding hydrogens is 434 g/mol. The van der Waals surface area contributed by atoms with Crippen LogP contribution in [0.4, 0.5) is 17.3 Å². The Morgan fingerprint density at radius 2 is 2.10 bits per heavy atom. The summed E-state index contributed by atoms with van der Waals surface area (Å²) < 4.78 is 8.48. The average molecular weight is 460 g/mol. The first kappa shape index (κ1) is 21.0. The minimum atomic E-state index is -0.369. The van der Waals surface area contributed by atoms with Gasteiger partial charge in [-0.05, 0) is 50.6 Å². The number of para-hydroxylation sites is 1. The predicted octanol–water partition coefficient (Wildman–Crippen LogP) is 4.10. The van der Waals surface area contributed by atoms with E-state index in [-0.39, 0.29) is 18.5 Å². The number of anilines is 3. The fourth-order valence-corrected chi connectivity index (χ4v) is 4.00. The molecule has 7 nitrogen and oxygen atoms in total. The number of carbonyl (C=O) groups is 1. The van der Waals surface area contributed by atoms with Gasteiger partial charge in [-0.15, -0.1) is 0 Å². The number of amides is 1. The van der Waals surface area contributed by atoms with E-state index >= 15 is 0 Å². The maximum atomic E-state index is 11.6. The summed E-state index contributed by atoms with van der Waals surface area (Å²) in [5.74, 6) is 1.03. The molecule has 1 amide bonds. The van der Waals surface area contributed by atoms with Crippen molar-refractivity contribution in [2.75, 3.05) is 23.9 Å². The molecule has 29 heavy (non-hydrogen) atoms. The summed E-state index contributed by atoms with van der Waals surface area (Å²) in [6, 6.07) is 9.92. The second-order valence-corrected chi connectivity index (χ2v) is 8.17. The van der Waals surface area contributed by atoms with Gasteiger partial charge in [0.25, 0.3) is 0 Å². The fourth-order valence-electron chi connectivity index (χ4n) is 3.45. The number of nitrogens with two attached hydrogens (primary N) is 1. The van der Waals surface area contributed by atoms with E-state index in [1.54, 1.807) is 7.11 Å². The fraction of sp³-hybridized carbons (Fsp3) is 0.333. The monoisotopic (exact) mass is 459 g/mol. The van der Waals surface area contributed by atoms with E-state index in [4.69, 9.17) is 15.5 Å². The van der Waals surface area contributed by atoms with E-state index in [0.29, 0.717) is 5.95 Å². The molecule has 0 spiro atoms. The molecule has 0 unspecified atom stereocenters. The van der Waals surface area contributed by atoms with Crippen molar-refractivity contribution in [3.8, 4) is 5.75 Å². The first-order valence-electron chi connectivity index (χ1n) is 9.34. The minimum Gasteiger partial charge on any atom is -0.495 e. The summed E-state index contributed by atoms with van der Waals surface area (Å²) in [6.07, 6.45) is 0. The van der Waals surface area contributed by atoms with Crippen LogP contribution >= 0.6 is 15.9 Å². The van der Waals surface area contributed by atoms with Crippen LogP contribution in [0.2, 0.25) is 0 Å². The average Bonchev–Trinajstić information content (AvgIpc) is 2.97. The number of halogens is 1. The Labute approximate surface area is 179 Å². The lowest BCUT2D eigenvalue weighted by Crippen LogP contribution is -2.38. The van der Waals surface area contributed by atoms with Crippen molar-refractivity contribution in [1.82, 2.24) is 9.55 Å². The van der Waals surface area contributed by atoms with Crippen molar-refractivity contribution >= 4 is 50.2 Å². The number of carbonyl (C=O) groups excluding carboxylic acids is 1. The molecule has 154 valence electrons. The highest BCUT2D eigenvalue weighted by Crippen LogP contribution is 2.36. The van der Waals surface area contributed by atoms with Crippen LogP contribution in [-0.4, -0.2) is 35.2 Å². The van der Waals surface area contributed by atoms with Gasteiger partial charge in [-0.2, -0.15) is 0 Å². The number of hydrogen-bond donors (Lipinski definition) is 2. The second-order valence-electron chi connectivity index (χ2n) is 7.25. The molecule has 2 aromatic carbocycles. The van der Waals surface area contributed by atoms with Crippen molar-refractivity contribution in [2.24, 2.45) is 12.8 Å². The van der Waals surface area contributed by atoms with Crippen molar-refractivity contribution in [3.05, 3.63) is 40.4 Å². The number of nitrogens with one attached hydrogen (secondary N) is 1. The third kappa shape index (κ3) is 4.17.